The molecule has 1 saturated heterocycles. The van der Waals surface area contributed by atoms with Crippen molar-refractivity contribution in [2.45, 2.75) is 32.2 Å². The summed E-state index contributed by atoms with van der Waals surface area (Å²) >= 11 is 7.73. The Bertz CT molecular complexity index is 345. The quantitative estimate of drug-likeness (QED) is 0.909. The molecular formula is C13H21ClN2S. The molecule has 1 aliphatic rings. The van der Waals surface area contributed by atoms with Crippen molar-refractivity contribution in [1.82, 2.24) is 4.90 Å². The van der Waals surface area contributed by atoms with E-state index >= 15 is 0 Å². The Balaban J connectivity index is 2.00. The average Bonchev–Trinajstić information content (AvgIpc) is 2.78. The SMILES string of the molecule is CCC1CCN(C(CN)c2cc(Cl)cs2)CC1. The summed E-state index contributed by atoms with van der Waals surface area (Å²) in [5.41, 5.74) is 5.93. The molecule has 0 amide bonds. The van der Waals surface area contributed by atoms with Crippen LogP contribution in [0.3, 0.4) is 0 Å². The largest absolute Gasteiger partial charge is 0.329 e. The van der Waals surface area contributed by atoms with E-state index in [-0.39, 0.29) is 0 Å². The van der Waals surface area contributed by atoms with Gasteiger partial charge in [0.15, 0.2) is 0 Å². The molecule has 0 spiro atoms. The average molecular weight is 273 g/mol. The number of hydrogen-bond acceptors (Lipinski definition) is 3. The van der Waals surface area contributed by atoms with E-state index in [1.165, 1.54) is 37.2 Å². The summed E-state index contributed by atoms with van der Waals surface area (Å²) in [6.07, 6.45) is 3.93. The van der Waals surface area contributed by atoms with Crippen LogP contribution in [0.4, 0.5) is 0 Å². The molecule has 2 rings (SSSR count). The van der Waals surface area contributed by atoms with Crippen LogP contribution in [-0.4, -0.2) is 24.5 Å². The fourth-order valence-corrected chi connectivity index (χ4v) is 3.85. The van der Waals surface area contributed by atoms with Crippen LogP contribution in [0, 0.1) is 5.92 Å². The predicted molar refractivity (Wildman–Crippen MR) is 75.7 cm³/mol. The normalized spacial score (nSPS) is 20.6. The molecule has 1 unspecified atom stereocenters. The third-order valence-electron chi connectivity index (χ3n) is 3.81. The lowest BCUT2D eigenvalue weighted by atomic mass is 9.93. The minimum Gasteiger partial charge on any atom is -0.329 e. The summed E-state index contributed by atoms with van der Waals surface area (Å²) in [7, 11) is 0. The highest BCUT2D eigenvalue weighted by Crippen LogP contribution is 2.32. The van der Waals surface area contributed by atoms with E-state index in [0.717, 1.165) is 10.9 Å². The summed E-state index contributed by atoms with van der Waals surface area (Å²) < 4.78 is 0. The molecule has 4 heteroatoms. The van der Waals surface area contributed by atoms with Crippen molar-refractivity contribution < 1.29 is 0 Å². The Morgan fingerprint density at radius 3 is 2.71 bits per heavy atom. The maximum atomic E-state index is 6.00. The Morgan fingerprint density at radius 1 is 1.53 bits per heavy atom. The van der Waals surface area contributed by atoms with Crippen LogP contribution in [0.1, 0.15) is 37.1 Å². The highest BCUT2D eigenvalue weighted by molar-refractivity contribution is 7.10. The number of nitrogens with zero attached hydrogens (tertiary/aromatic N) is 1. The number of thiophene rings is 1. The van der Waals surface area contributed by atoms with E-state index in [1.54, 1.807) is 11.3 Å². The molecule has 2 heterocycles. The zero-order valence-corrected chi connectivity index (χ0v) is 11.9. The fraction of sp³-hybridized carbons (Fsp3) is 0.692. The zero-order chi connectivity index (χ0) is 12.3. The van der Waals surface area contributed by atoms with Gasteiger partial charge in [-0.25, -0.2) is 0 Å². The molecule has 0 aromatic carbocycles. The van der Waals surface area contributed by atoms with Gasteiger partial charge in [-0.3, -0.25) is 4.90 Å². The standard InChI is InChI=1S/C13H21ClN2S/c1-2-10-3-5-16(6-4-10)12(8-15)13-7-11(14)9-17-13/h7,9-10,12H,2-6,8,15H2,1H3. The van der Waals surface area contributed by atoms with Crippen LogP contribution in [0.2, 0.25) is 5.02 Å². The molecule has 1 atom stereocenters. The Hall–Kier alpha value is -0.0900. The highest BCUT2D eigenvalue weighted by Gasteiger charge is 2.25. The molecule has 1 fully saturated rings. The van der Waals surface area contributed by atoms with Gasteiger partial charge in [-0.2, -0.15) is 0 Å². The molecule has 2 N–H and O–H groups in total. The van der Waals surface area contributed by atoms with Crippen LogP contribution in [0.5, 0.6) is 0 Å². The van der Waals surface area contributed by atoms with Gasteiger partial charge in [0.05, 0.1) is 11.1 Å². The summed E-state index contributed by atoms with van der Waals surface area (Å²) in [5, 5.41) is 2.84. The van der Waals surface area contributed by atoms with Gasteiger partial charge < -0.3 is 5.73 Å². The van der Waals surface area contributed by atoms with Crippen LogP contribution in [-0.2, 0) is 0 Å². The van der Waals surface area contributed by atoms with Crippen LogP contribution in [0.15, 0.2) is 11.4 Å². The lowest BCUT2D eigenvalue weighted by Crippen LogP contribution is -2.39. The predicted octanol–water partition coefficient (Wildman–Crippen LogP) is 3.52. The van der Waals surface area contributed by atoms with Gasteiger partial charge >= 0.3 is 0 Å². The Morgan fingerprint density at radius 2 is 2.24 bits per heavy atom. The zero-order valence-electron chi connectivity index (χ0n) is 10.4. The molecule has 0 bridgehead atoms. The van der Waals surface area contributed by atoms with Gasteiger partial charge in [0.1, 0.15) is 0 Å². The first-order valence-electron chi connectivity index (χ1n) is 6.42. The number of piperidine rings is 1. The first-order chi connectivity index (χ1) is 8.24. The van der Waals surface area contributed by atoms with Crippen molar-refractivity contribution in [1.29, 1.82) is 0 Å². The second kappa shape index (κ2) is 6.19. The topological polar surface area (TPSA) is 29.3 Å². The molecule has 0 radical (unpaired) electrons. The van der Waals surface area contributed by atoms with Crippen molar-refractivity contribution in [3.05, 3.63) is 21.3 Å². The first kappa shape index (κ1) is 13.3. The van der Waals surface area contributed by atoms with E-state index < -0.39 is 0 Å². The van der Waals surface area contributed by atoms with E-state index in [4.69, 9.17) is 17.3 Å². The molecule has 1 aromatic rings. The maximum Gasteiger partial charge on any atom is 0.0564 e. The van der Waals surface area contributed by atoms with Gasteiger partial charge in [0, 0.05) is 16.8 Å². The Labute approximate surface area is 113 Å². The number of likely N-dealkylation sites (tertiary alicyclic amines) is 1. The van der Waals surface area contributed by atoms with Crippen LogP contribution < -0.4 is 5.73 Å². The van der Waals surface area contributed by atoms with E-state index in [0.29, 0.717) is 12.6 Å². The van der Waals surface area contributed by atoms with Gasteiger partial charge in [-0.05, 0) is 37.9 Å². The van der Waals surface area contributed by atoms with Crippen molar-refractivity contribution >= 4 is 22.9 Å². The minimum atomic E-state index is 0.366. The second-order valence-corrected chi connectivity index (χ2v) is 6.19. The van der Waals surface area contributed by atoms with Crippen molar-refractivity contribution in [3.8, 4) is 0 Å². The van der Waals surface area contributed by atoms with Gasteiger partial charge in [0.25, 0.3) is 0 Å². The van der Waals surface area contributed by atoms with E-state index in [2.05, 4.69) is 17.9 Å². The molecule has 1 aromatic heterocycles. The highest BCUT2D eigenvalue weighted by atomic mass is 35.5. The number of hydrogen-bond donors (Lipinski definition) is 1. The third kappa shape index (κ3) is 3.22. The van der Waals surface area contributed by atoms with Gasteiger partial charge in [-0.1, -0.05) is 24.9 Å². The lowest BCUT2D eigenvalue weighted by molar-refractivity contribution is 0.135. The monoisotopic (exact) mass is 272 g/mol. The summed E-state index contributed by atoms with van der Waals surface area (Å²) in [6, 6.07) is 2.43. The van der Waals surface area contributed by atoms with E-state index in [1.807, 2.05) is 5.38 Å². The second-order valence-electron chi connectivity index (χ2n) is 4.81. The third-order valence-corrected chi connectivity index (χ3v) is 5.19. The smallest absolute Gasteiger partial charge is 0.0564 e. The molecular weight excluding hydrogens is 252 g/mol. The number of halogens is 1. The van der Waals surface area contributed by atoms with Crippen molar-refractivity contribution in [3.63, 3.8) is 0 Å². The molecule has 96 valence electrons. The van der Waals surface area contributed by atoms with Crippen LogP contribution in [0.25, 0.3) is 0 Å². The fourth-order valence-electron chi connectivity index (χ4n) is 2.62. The van der Waals surface area contributed by atoms with Crippen molar-refractivity contribution in [2.75, 3.05) is 19.6 Å². The van der Waals surface area contributed by atoms with Gasteiger partial charge in [-0.15, -0.1) is 11.3 Å². The summed E-state index contributed by atoms with van der Waals surface area (Å²) in [5.74, 6) is 0.914. The van der Waals surface area contributed by atoms with Crippen molar-refractivity contribution in [2.24, 2.45) is 11.7 Å². The van der Waals surface area contributed by atoms with Crippen LogP contribution >= 0.6 is 22.9 Å². The molecule has 17 heavy (non-hydrogen) atoms. The maximum absolute atomic E-state index is 6.00. The molecule has 0 aliphatic carbocycles. The number of nitrogens with two attached hydrogens (primary N) is 1. The lowest BCUT2D eigenvalue weighted by Gasteiger charge is -2.36. The Kier molecular flexibility index (Phi) is 4.86. The first-order valence-corrected chi connectivity index (χ1v) is 7.68. The summed E-state index contributed by atoms with van der Waals surface area (Å²) in [6.45, 7) is 5.33. The van der Waals surface area contributed by atoms with E-state index in [9.17, 15) is 0 Å². The molecule has 1 aliphatic heterocycles. The minimum absolute atomic E-state index is 0.366. The van der Waals surface area contributed by atoms with Gasteiger partial charge in [0.2, 0.25) is 0 Å². The molecule has 2 nitrogen and oxygen atoms in total. The number of rotatable bonds is 4. The molecule has 0 saturated carbocycles. The summed E-state index contributed by atoms with van der Waals surface area (Å²) in [4.78, 5) is 3.83.